The van der Waals surface area contributed by atoms with Crippen molar-refractivity contribution in [2.45, 2.75) is 189 Å². The van der Waals surface area contributed by atoms with Gasteiger partial charge in [-0.2, -0.15) is 0 Å². The fourth-order valence-electron chi connectivity index (χ4n) is 10.6. The predicted molar refractivity (Wildman–Crippen MR) is 407 cm³/mol. The van der Waals surface area contributed by atoms with Crippen molar-refractivity contribution in [3.8, 4) is 29.3 Å². The summed E-state index contributed by atoms with van der Waals surface area (Å²) < 4.78 is 0. The van der Waals surface area contributed by atoms with Crippen LogP contribution in [0.25, 0.3) is 29.3 Å². The van der Waals surface area contributed by atoms with E-state index in [1.54, 1.807) is 79.7 Å². The molecule has 0 aliphatic heterocycles. The molecule has 4 heterocycles. The highest BCUT2D eigenvalue weighted by Gasteiger charge is 2.37. The van der Waals surface area contributed by atoms with Gasteiger partial charge in [0.1, 0.15) is 36.3 Å². The van der Waals surface area contributed by atoms with Crippen molar-refractivity contribution in [2.75, 3.05) is 32.7 Å². The van der Waals surface area contributed by atoms with Crippen molar-refractivity contribution in [3.05, 3.63) is 58.3 Å². The summed E-state index contributed by atoms with van der Waals surface area (Å²) in [6, 6.07) is 4.79. The van der Waals surface area contributed by atoms with Crippen LogP contribution in [0.2, 0.25) is 0 Å². The second-order valence-electron chi connectivity index (χ2n) is 27.1. The molecule has 0 unspecified atom stereocenters. The molecular weight excluding hydrogens is 1500 g/mol. The number of carboxylic acid groups (broad SMARTS) is 4. The molecule has 16 N–H and O–H groups in total. The number of carbonyl (C=O) groups is 17. The van der Waals surface area contributed by atoms with Crippen molar-refractivity contribution >= 4 is 146 Å². The third kappa shape index (κ3) is 30.9. The Balaban J connectivity index is 1.25. The summed E-state index contributed by atoms with van der Waals surface area (Å²) in [6.45, 7) is 14.0. The number of nitrogens with one attached hydrogen (secondary N) is 12. The molecule has 0 aliphatic rings. The van der Waals surface area contributed by atoms with Gasteiger partial charge < -0.3 is 84.2 Å². The first-order valence-electron chi connectivity index (χ1n) is 35.8. The molecule has 0 spiro atoms. The van der Waals surface area contributed by atoms with Crippen molar-refractivity contribution in [1.29, 1.82) is 0 Å². The normalized spacial score (nSPS) is 13.4. The Hall–Kier alpha value is -10.0. The largest absolute Gasteiger partial charge is 0.481 e. The van der Waals surface area contributed by atoms with E-state index in [9.17, 15) is 102 Å². The maximum atomic E-state index is 13.7. The highest BCUT2D eigenvalue weighted by molar-refractivity contribution is 7.29. The van der Waals surface area contributed by atoms with Crippen molar-refractivity contribution in [1.82, 2.24) is 63.8 Å². The van der Waals surface area contributed by atoms with Crippen LogP contribution < -0.4 is 63.8 Å². The number of carboxylic acids is 4. The fourth-order valence-corrected chi connectivity index (χ4v) is 14.7. The molecule has 37 heteroatoms. The molecule has 8 atom stereocenters. The summed E-state index contributed by atoms with van der Waals surface area (Å²) in [5.74, 6) is -19.3. The van der Waals surface area contributed by atoms with Crippen molar-refractivity contribution < 1.29 is 102 Å². The third-order valence-electron chi connectivity index (χ3n) is 16.9. The van der Waals surface area contributed by atoms with Gasteiger partial charge in [-0.15, -0.1) is 45.3 Å². The summed E-state index contributed by atoms with van der Waals surface area (Å²) in [4.78, 5) is 225. The molecule has 109 heavy (non-hydrogen) atoms. The average Bonchev–Trinajstić information content (AvgIpc) is 1.67. The SMILES string of the molecule is CCCCC[C@H](NC(=O)[C@@H](CNC(=O)C(=O)[C@H](CCC(=O)O)NC(=O)[C@@H](NC(=O)CNC(=O)CNC(=O)c1ccc(-c2ccc(-c3ccc(-c4ccc(C(=O)NCC(=O)NCC(=O)N[C@H](C(=O)N[C@@H](CCC(=O)O)C(=O)N[C@H](C(=O)N[C@@H](CCCCC)C(=O)O)C(C)C)C(C)C)s4)s3)s2)s1)C(C)C)C(C)C)C(=O)O. The van der Waals surface area contributed by atoms with Gasteiger partial charge in [0.05, 0.1) is 47.9 Å². The maximum absolute atomic E-state index is 13.7. The lowest BCUT2D eigenvalue weighted by Gasteiger charge is -2.28. The molecule has 0 aromatic carbocycles. The first kappa shape index (κ1) is 91.4. The van der Waals surface area contributed by atoms with E-state index in [1.165, 1.54) is 45.3 Å². The van der Waals surface area contributed by atoms with E-state index in [-0.39, 0.29) is 22.6 Å². The van der Waals surface area contributed by atoms with E-state index in [0.717, 1.165) is 54.9 Å². The zero-order chi connectivity index (χ0) is 81.4. The molecule has 0 saturated carbocycles. The van der Waals surface area contributed by atoms with E-state index in [4.69, 9.17) is 0 Å². The van der Waals surface area contributed by atoms with Crippen LogP contribution in [0.5, 0.6) is 0 Å². The van der Waals surface area contributed by atoms with E-state index in [2.05, 4.69) is 63.8 Å². The highest BCUT2D eigenvalue weighted by Crippen LogP contribution is 2.43. The lowest BCUT2D eigenvalue weighted by Crippen LogP contribution is -2.59. The molecule has 4 rings (SSSR count). The number of carbonyl (C=O) groups excluding carboxylic acids is 13. The van der Waals surface area contributed by atoms with Crippen LogP contribution in [-0.2, 0) is 71.9 Å². The third-order valence-corrected chi connectivity index (χ3v) is 21.8. The zero-order valence-corrected chi connectivity index (χ0v) is 65.7. The Morgan fingerprint density at radius 1 is 0.339 bits per heavy atom. The maximum Gasteiger partial charge on any atom is 0.326 e. The van der Waals surface area contributed by atoms with E-state index < -0.39 is 231 Å². The number of aliphatic carboxylic acids is 4. The zero-order valence-electron chi connectivity index (χ0n) is 62.4. The van der Waals surface area contributed by atoms with Gasteiger partial charge in [0, 0.05) is 48.6 Å². The molecule has 12 amide bonds. The summed E-state index contributed by atoms with van der Waals surface area (Å²) in [5, 5.41) is 67.6. The number of ketones is 1. The molecule has 33 nitrogen and oxygen atoms in total. The minimum absolute atomic E-state index is 0.154. The van der Waals surface area contributed by atoms with Gasteiger partial charge in [0.25, 0.3) is 17.7 Å². The second-order valence-corrected chi connectivity index (χ2v) is 31.4. The molecule has 598 valence electrons. The number of rotatable bonds is 49. The Morgan fingerprint density at radius 3 is 1.05 bits per heavy atom. The van der Waals surface area contributed by atoms with Crippen LogP contribution in [0.15, 0.2) is 48.5 Å². The van der Waals surface area contributed by atoms with Gasteiger partial charge in [-0.05, 0) is 97.9 Å². The first-order chi connectivity index (χ1) is 51.4. The molecule has 0 fully saturated rings. The summed E-state index contributed by atoms with van der Waals surface area (Å²) in [6.07, 6.45) is 2.40. The van der Waals surface area contributed by atoms with Crippen LogP contribution in [0, 0.1) is 29.6 Å². The first-order valence-corrected chi connectivity index (χ1v) is 39.0. The van der Waals surface area contributed by atoms with Crippen LogP contribution in [0.4, 0.5) is 0 Å². The van der Waals surface area contributed by atoms with Crippen molar-refractivity contribution in [2.24, 2.45) is 29.6 Å². The van der Waals surface area contributed by atoms with Gasteiger partial charge in [0.15, 0.2) is 0 Å². The molecular formula is C72H100N12O21S4. The van der Waals surface area contributed by atoms with E-state index in [0.29, 0.717) is 12.8 Å². The van der Waals surface area contributed by atoms with Crippen LogP contribution in [0.3, 0.4) is 0 Å². The highest BCUT2D eigenvalue weighted by atomic mass is 32.1. The minimum atomic E-state index is -1.69. The quantitative estimate of drug-likeness (QED) is 0.0219. The molecule has 4 aromatic heterocycles. The van der Waals surface area contributed by atoms with Gasteiger partial charge in [-0.25, -0.2) is 9.59 Å². The number of thiophene rings is 4. The Morgan fingerprint density at radius 2 is 0.679 bits per heavy atom. The fraction of sp³-hybridized carbons (Fsp3) is 0.542. The van der Waals surface area contributed by atoms with Crippen LogP contribution in [0.1, 0.15) is 166 Å². The number of hydrogen-bond acceptors (Lipinski definition) is 21. The number of unbranched alkanes of at least 4 members (excludes halogenated alkanes) is 4. The smallest absolute Gasteiger partial charge is 0.326 e. The van der Waals surface area contributed by atoms with Gasteiger partial charge in [0.2, 0.25) is 58.9 Å². The number of Topliss-reactive ketones (excluding diaryl/α,β-unsaturated/α-hetero) is 1. The van der Waals surface area contributed by atoms with Gasteiger partial charge >= 0.3 is 23.9 Å². The number of hydrogen-bond donors (Lipinski definition) is 16. The summed E-state index contributed by atoms with van der Waals surface area (Å²) >= 11 is 5.26. The summed E-state index contributed by atoms with van der Waals surface area (Å²) in [7, 11) is 0. The second kappa shape index (κ2) is 45.7. The Labute approximate surface area is 646 Å². The lowest BCUT2D eigenvalue weighted by atomic mass is 9.93. The minimum Gasteiger partial charge on any atom is -0.481 e. The monoisotopic (exact) mass is 1600 g/mol. The Kier molecular flexibility index (Phi) is 38.3. The van der Waals surface area contributed by atoms with E-state index in [1.807, 2.05) is 38.1 Å². The topological polar surface area (TPSA) is 515 Å². The molecule has 0 saturated heterocycles. The Bertz CT molecular complexity index is 3880. The predicted octanol–water partition coefficient (Wildman–Crippen LogP) is 4.00. The average molecular weight is 1600 g/mol. The number of amides is 12. The van der Waals surface area contributed by atoms with Gasteiger partial charge in [-0.3, -0.25) is 71.9 Å². The summed E-state index contributed by atoms with van der Waals surface area (Å²) in [5.41, 5.74) is 0. The van der Waals surface area contributed by atoms with E-state index >= 15 is 0 Å². The molecule has 0 aliphatic carbocycles. The molecule has 0 bridgehead atoms. The van der Waals surface area contributed by atoms with Crippen LogP contribution in [-0.4, -0.2) is 196 Å². The lowest BCUT2D eigenvalue weighted by molar-refractivity contribution is -0.143. The van der Waals surface area contributed by atoms with Crippen molar-refractivity contribution in [3.63, 3.8) is 0 Å². The van der Waals surface area contributed by atoms with Crippen LogP contribution >= 0.6 is 45.3 Å². The molecule has 0 radical (unpaired) electrons. The van der Waals surface area contributed by atoms with Gasteiger partial charge in [-0.1, -0.05) is 108 Å². The molecule has 4 aromatic rings. The standard InChI is InChI=1S/C72H100N12O21S4/c1-11-13-15-17-43(71(102)103)80-63(94)40(36(3)4)31-75-70(101)62(93)41(19-29-57(89)90)78-67(98)59(37(5)6)82-55(87)34-73-53(85)32-76-65(96)51-27-25-49(108-51)47-23-21-45(106-47)46-22-24-48(107-46)50-26-28-52(109-50)66(97)77-33-54(86)74-35-56(88)83-60(38(7)8)68(99)79-42(20-30-58(91)92)64(95)84-61(39(9)10)69(100)81-44(72(104)105)18-16-14-12-2/h21-28,36-44,59-61H,11-20,29-35H2,1-10H3,(H,73,85)(H,74,86)(H,75,101)(H,76,96)(H,77,97)(H,78,98)(H,79,99)(H,80,94)(H,81,100)(H,82,87)(H,83,88)(H,84,95)(H,89,90)(H,91,92)(H,102,103)(H,104,105)/t40-,41-,42-,43-,44-,59-,60-,61-/m0/s1.